The summed E-state index contributed by atoms with van der Waals surface area (Å²) in [6.45, 7) is 0.232. The molecule has 0 spiro atoms. The molecule has 24 heavy (non-hydrogen) atoms. The van der Waals surface area contributed by atoms with E-state index in [0.717, 1.165) is 11.3 Å². The molecule has 0 saturated heterocycles. The fourth-order valence-electron chi connectivity index (χ4n) is 2.16. The Morgan fingerprint density at radius 2 is 1.50 bits per heavy atom. The highest BCUT2D eigenvalue weighted by atomic mass is 79.9. The van der Waals surface area contributed by atoms with Gasteiger partial charge in [0.1, 0.15) is 0 Å². The standard InChI is InChI=1S/C18H13Cl2N2O.BrH/c19-15-5-1-13(2-6-15)17-9-10-22(12-21-17)11-18(23)14-3-7-16(20)8-4-14;/h1-10,12H,11H2;1H/q+1;. The third kappa shape index (κ3) is 4.63. The maximum Gasteiger partial charge on any atom is 0.287 e. The van der Waals surface area contributed by atoms with Gasteiger partial charge in [-0.25, -0.2) is 4.57 Å². The summed E-state index contributed by atoms with van der Waals surface area (Å²) in [4.78, 5) is 16.6. The molecule has 0 aliphatic heterocycles. The topological polar surface area (TPSA) is 33.8 Å². The highest BCUT2D eigenvalue weighted by Crippen LogP contribution is 2.18. The first-order valence-corrected chi connectivity index (χ1v) is 7.77. The molecule has 3 rings (SSSR count). The number of hydrogen-bond acceptors (Lipinski definition) is 2. The molecule has 0 saturated carbocycles. The zero-order chi connectivity index (χ0) is 16.2. The molecule has 0 aliphatic rings. The monoisotopic (exact) mass is 423 g/mol. The van der Waals surface area contributed by atoms with Gasteiger partial charge in [0.15, 0.2) is 12.2 Å². The molecule has 0 radical (unpaired) electrons. The van der Waals surface area contributed by atoms with Crippen molar-refractivity contribution in [1.82, 2.24) is 4.98 Å². The molecule has 122 valence electrons. The van der Waals surface area contributed by atoms with Gasteiger partial charge in [-0.15, -0.1) is 17.0 Å². The summed E-state index contributed by atoms with van der Waals surface area (Å²) in [5, 5.41) is 1.30. The van der Waals surface area contributed by atoms with Crippen molar-refractivity contribution in [1.29, 1.82) is 0 Å². The number of ketones is 1. The van der Waals surface area contributed by atoms with Crippen molar-refractivity contribution in [2.24, 2.45) is 0 Å². The van der Waals surface area contributed by atoms with E-state index < -0.39 is 0 Å². The van der Waals surface area contributed by atoms with Gasteiger partial charge < -0.3 is 0 Å². The van der Waals surface area contributed by atoms with Crippen LogP contribution in [0.5, 0.6) is 0 Å². The summed E-state index contributed by atoms with van der Waals surface area (Å²) in [5.41, 5.74) is 2.44. The van der Waals surface area contributed by atoms with E-state index in [9.17, 15) is 4.79 Å². The van der Waals surface area contributed by atoms with E-state index in [1.54, 1.807) is 35.2 Å². The summed E-state index contributed by atoms with van der Waals surface area (Å²) in [7, 11) is 0. The molecule has 1 heterocycles. The number of benzene rings is 2. The molecule has 3 aromatic rings. The Balaban J connectivity index is 0.00000208. The van der Waals surface area contributed by atoms with Crippen LogP contribution in [0.25, 0.3) is 11.3 Å². The van der Waals surface area contributed by atoms with Crippen LogP contribution >= 0.6 is 40.2 Å². The first kappa shape index (κ1) is 18.6. The Kier molecular flexibility index (Phi) is 6.49. The quantitative estimate of drug-likeness (QED) is 0.445. The molecule has 6 heteroatoms. The second-order valence-electron chi connectivity index (χ2n) is 5.05. The lowest BCUT2D eigenvalue weighted by atomic mass is 10.1. The average Bonchev–Trinajstić information content (AvgIpc) is 2.57. The van der Waals surface area contributed by atoms with Crippen molar-refractivity contribution >= 4 is 46.0 Å². The van der Waals surface area contributed by atoms with Gasteiger partial charge in [-0.05, 0) is 53.5 Å². The van der Waals surface area contributed by atoms with E-state index in [-0.39, 0.29) is 29.3 Å². The van der Waals surface area contributed by atoms with Crippen molar-refractivity contribution < 1.29 is 9.36 Å². The zero-order valence-electron chi connectivity index (χ0n) is 12.5. The Morgan fingerprint density at radius 3 is 2.04 bits per heavy atom. The van der Waals surface area contributed by atoms with Crippen LogP contribution in [-0.2, 0) is 6.54 Å². The number of carbonyl (C=O) groups is 1. The van der Waals surface area contributed by atoms with Crippen LogP contribution in [0.2, 0.25) is 10.0 Å². The molecule has 1 aromatic heterocycles. The number of hydrogen-bond donors (Lipinski definition) is 0. The third-order valence-electron chi connectivity index (χ3n) is 3.40. The van der Waals surface area contributed by atoms with Gasteiger partial charge in [0.25, 0.3) is 6.33 Å². The van der Waals surface area contributed by atoms with Crippen LogP contribution in [0.1, 0.15) is 10.4 Å². The van der Waals surface area contributed by atoms with Gasteiger partial charge in [-0.1, -0.05) is 23.2 Å². The molecule has 0 bridgehead atoms. The normalized spacial score (nSPS) is 10.1. The van der Waals surface area contributed by atoms with Crippen molar-refractivity contribution in [3.05, 3.63) is 82.7 Å². The number of carbonyl (C=O) groups excluding carboxylic acids is 1. The van der Waals surface area contributed by atoms with E-state index in [1.165, 1.54) is 0 Å². The molecular weight excluding hydrogens is 411 g/mol. The highest BCUT2D eigenvalue weighted by Gasteiger charge is 2.11. The summed E-state index contributed by atoms with van der Waals surface area (Å²) in [5.74, 6) is 0.00714. The molecule has 3 nitrogen and oxygen atoms in total. The summed E-state index contributed by atoms with van der Waals surface area (Å²) in [6, 6.07) is 16.2. The fourth-order valence-corrected chi connectivity index (χ4v) is 2.41. The van der Waals surface area contributed by atoms with Crippen LogP contribution in [0, 0.1) is 0 Å². The molecule has 0 unspecified atom stereocenters. The molecule has 0 N–H and O–H groups in total. The van der Waals surface area contributed by atoms with Crippen LogP contribution in [-0.4, -0.2) is 10.8 Å². The second kappa shape index (κ2) is 8.38. The van der Waals surface area contributed by atoms with E-state index in [4.69, 9.17) is 23.2 Å². The van der Waals surface area contributed by atoms with Crippen molar-refractivity contribution in [2.75, 3.05) is 0 Å². The van der Waals surface area contributed by atoms with Gasteiger partial charge in [-0.2, -0.15) is 0 Å². The van der Waals surface area contributed by atoms with Gasteiger partial charge >= 0.3 is 0 Å². The minimum Gasteiger partial charge on any atom is -0.290 e. The number of rotatable bonds is 4. The van der Waals surface area contributed by atoms with Crippen molar-refractivity contribution in [3.8, 4) is 11.3 Å². The SMILES string of the molecule is Br.O=C(C[n+]1ccc(-c2ccc(Cl)cc2)nc1)c1ccc(Cl)cc1. The smallest absolute Gasteiger partial charge is 0.287 e. The lowest BCUT2D eigenvalue weighted by molar-refractivity contribution is -0.686. The minimum absolute atomic E-state index is 0. The minimum atomic E-state index is 0. The molecule has 0 amide bonds. The van der Waals surface area contributed by atoms with Gasteiger partial charge in [-0.3, -0.25) is 4.79 Å². The van der Waals surface area contributed by atoms with Crippen molar-refractivity contribution in [3.63, 3.8) is 0 Å². The van der Waals surface area contributed by atoms with Crippen LogP contribution in [0.15, 0.2) is 67.1 Å². The van der Waals surface area contributed by atoms with Gasteiger partial charge in [0.2, 0.25) is 5.78 Å². The van der Waals surface area contributed by atoms with Crippen LogP contribution in [0.4, 0.5) is 0 Å². The second-order valence-corrected chi connectivity index (χ2v) is 5.93. The first-order valence-electron chi connectivity index (χ1n) is 7.01. The zero-order valence-corrected chi connectivity index (χ0v) is 15.7. The Morgan fingerprint density at radius 1 is 0.917 bits per heavy atom. The maximum atomic E-state index is 12.2. The van der Waals surface area contributed by atoms with E-state index in [2.05, 4.69) is 4.98 Å². The highest BCUT2D eigenvalue weighted by molar-refractivity contribution is 8.93. The summed E-state index contributed by atoms with van der Waals surface area (Å²) < 4.78 is 1.75. The summed E-state index contributed by atoms with van der Waals surface area (Å²) in [6.07, 6.45) is 3.49. The van der Waals surface area contributed by atoms with E-state index in [0.29, 0.717) is 15.6 Å². The third-order valence-corrected chi connectivity index (χ3v) is 3.91. The molecular formula is C18H14BrCl2N2O+. The average molecular weight is 425 g/mol. The summed E-state index contributed by atoms with van der Waals surface area (Å²) >= 11 is 11.7. The number of halogens is 3. The fraction of sp³-hybridized carbons (Fsp3) is 0.0556. The Bertz CT molecular complexity index is 819. The van der Waals surface area contributed by atoms with Gasteiger partial charge in [0, 0.05) is 27.2 Å². The first-order chi connectivity index (χ1) is 11.1. The maximum absolute atomic E-state index is 12.2. The molecule has 2 aromatic carbocycles. The molecule has 0 fully saturated rings. The number of Topliss-reactive ketones (excluding diaryl/α,β-unsaturated/α-hetero) is 1. The predicted molar refractivity (Wildman–Crippen MR) is 101 cm³/mol. The van der Waals surface area contributed by atoms with Crippen molar-refractivity contribution in [2.45, 2.75) is 6.54 Å². The Labute approximate surface area is 160 Å². The Hall–Kier alpha value is -1.75. The number of aromatic nitrogens is 2. The van der Waals surface area contributed by atoms with Gasteiger partial charge in [0.05, 0.1) is 6.20 Å². The van der Waals surface area contributed by atoms with Crippen LogP contribution in [0.3, 0.4) is 0 Å². The number of nitrogens with zero attached hydrogens (tertiary/aromatic N) is 2. The lowest BCUT2D eigenvalue weighted by Gasteiger charge is -2.01. The molecule has 0 atom stereocenters. The molecule has 0 aliphatic carbocycles. The predicted octanol–water partition coefficient (Wildman–Crippen LogP) is 4.80. The van der Waals surface area contributed by atoms with E-state index >= 15 is 0 Å². The van der Waals surface area contributed by atoms with E-state index in [1.807, 2.05) is 36.5 Å². The van der Waals surface area contributed by atoms with Crippen LogP contribution < -0.4 is 4.57 Å². The lowest BCUT2D eigenvalue weighted by Crippen LogP contribution is -2.37. The largest absolute Gasteiger partial charge is 0.290 e.